The third kappa shape index (κ3) is 7.11. The molecule has 0 saturated carbocycles. The Labute approximate surface area is 335 Å². The number of amides is 3. The largest absolute Gasteiger partial charge is 0.485 e. The zero-order valence-electron chi connectivity index (χ0n) is 32.9. The summed E-state index contributed by atoms with van der Waals surface area (Å²) >= 11 is 0. The van der Waals surface area contributed by atoms with Crippen molar-refractivity contribution in [1.29, 1.82) is 0 Å². The standard InChI is InChI=1S/C47H51N5O5/c1-48(2)41-19-18-40(38-15-9-10-16-39(38)41)42-28-37-30-50(33-47(37)45(53)51(46(54)52(42)47)22-21-49-23-25-55-26-24-49)29-36-17-20-43(56-31-34-11-5-3-6-12-34)44(27-36)57-32-35-13-7-4-8-14-35/h3-20,27,37,42H,21-26,28-33H2,1-2H3. The van der Waals surface area contributed by atoms with Crippen molar-refractivity contribution in [2.75, 3.05) is 71.5 Å². The maximum atomic E-state index is 14.9. The van der Waals surface area contributed by atoms with Gasteiger partial charge in [-0.3, -0.25) is 19.5 Å². The number of ether oxygens (including phenoxy) is 3. The summed E-state index contributed by atoms with van der Waals surface area (Å²) in [4.78, 5) is 40.0. The van der Waals surface area contributed by atoms with Gasteiger partial charge in [0, 0.05) is 76.9 Å². The molecule has 0 radical (unpaired) electrons. The van der Waals surface area contributed by atoms with Crippen LogP contribution in [-0.2, 0) is 29.3 Å². The van der Waals surface area contributed by atoms with Crippen LogP contribution in [0.3, 0.4) is 0 Å². The SMILES string of the molecule is CN(C)c1ccc(C2CC3CN(Cc4ccc(OCc5ccccc5)c(OCc5ccccc5)c4)CC34C(=O)N(CCN3CCOCC3)C(=O)N24)c2ccccc12. The molecular weight excluding hydrogens is 715 g/mol. The van der Waals surface area contributed by atoms with E-state index in [0.29, 0.717) is 70.7 Å². The molecule has 4 heterocycles. The fourth-order valence-corrected chi connectivity index (χ4v) is 9.54. The summed E-state index contributed by atoms with van der Waals surface area (Å²) in [6.45, 7) is 6.64. The predicted molar refractivity (Wildman–Crippen MR) is 221 cm³/mol. The number of carbonyl (C=O) groups is 2. The van der Waals surface area contributed by atoms with Crippen molar-refractivity contribution in [3.63, 3.8) is 0 Å². The van der Waals surface area contributed by atoms with Gasteiger partial charge >= 0.3 is 6.03 Å². The number of hydrogen-bond donors (Lipinski definition) is 0. The minimum atomic E-state index is -0.931. The van der Waals surface area contributed by atoms with Crippen LogP contribution in [0, 0.1) is 5.92 Å². The smallest absolute Gasteiger partial charge is 0.328 e. The maximum Gasteiger partial charge on any atom is 0.328 e. The van der Waals surface area contributed by atoms with E-state index in [0.717, 1.165) is 58.2 Å². The van der Waals surface area contributed by atoms with Crippen LogP contribution in [-0.4, -0.2) is 104 Å². The van der Waals surface area contributed by atoms with Gasteiger partial charge in [-0.2, -0.15) is 0 Å². The number of urea groups is 1. The number of anilines is 1. The first-order valence-electron chi connectivity index (χ1n) is 20.2. The van der Waals surface area contributed by atoms with Gasteiger partial charge in [0.05, 0.1) is 19.3 Å². The van der Waals surface area contributed by atoms with E-state index in [9.17, 15) is 9.59 Å². The van der Waals surface area contributed by atoms with Crippen molar-refractivity contribution in [3.8, 4) is 11.5 Å². The minimum absolute atomic E-state index is 0.0121. The van der Waals surface area contributed by atoms with Gasteiger partial charge in [0.15, 0.2) is 11.5 Å². The van der Waals surface area contributed by atoms with E-state index in [-0.39, 0.29) is 23.9 Å². The van der Waals surface area contributed by atoms with Crippen LogP contribution in [0.2, 0.25) is 0 Å². The average molecular weight is 766 g/mol. The highest BCUT2D eigenvalue weighted by molar-refractivity contribution is 6.09. The van der Waals surface area contributed by atoms with Crippen LogP contribution in [0.15, 0.2) is 115 Å². The number of benzene rings is 5. The van der Waals surface area contributed by atoms with Crippen molar-refractivity contribution in [2.45, 2.75) is 37.8 Å². The van der Waals surface area contributed by atoms with Crippen LogP contribution in [0.4, 0.5) is 10.5 Å². The molecule has 4 saturated heterocycles. The number of likely N-dealkylation sites (tertiary alicyclic amines) is 1. The van der Waals surface area contributed by atoms with Crippen molar-refractivity contribution in [1.82, 2.24) is 19.6 Å². The summed E-state index contributed by atoms with van der Waals surface area (Å²) in [6.07, 6.45) is 0.730. The van der Waals surface area contributed by atoms with Gasteiger partial charge in [-0.15, -0.1) is 0 Å². The second-order valence-corrected chi connectivity index (χ2v) is 16.0. The Morgan fingerprint density at radius 3 is 2.09 bits per heavy atom. The fourth-order valence-electron chi connectivity index (χ4n) is 9.54. The van der Waals surface area contributed by atoms with Gasteiger partial charge in [0.25, 0.3) is 5.91 Å². The van der Waals surface area contributed by atoms with Gasteiger partial charge in [-0.05, 0) is 52.3 Å². The molecule has 0 N–H and O–H groups in total. The summed E-state index contributed by atoms with van der Waals surface area (Å²) < 4.78 is 18.3. The Hall–Kier alpha value is -5.42. The molecule has 3 atom stereocenters. The quantitative estimate of drug-likeness (QED) is 0.119. The molecule has 4 aliphatic heterocycles. The third-order valence-electron chi connectivity index (χ3n) is 12.3. The Kier molecular flexibility index (Phi) is 10.3. The number of morpholine rings is 1. The predicted octanol–water partition coefficient (Wildman–Crippen LogP) is 6.98. The molecule has 5 aromatic carbocycles. The van der Waals surface area contributed by atoms with Gasteiger partial charge in [0.1, 0.15) is 18.8 Å². The van der Waals surface area contributed by atoms with Crippen LogP contribution >= 0.6 is 0 Å². The number of rotatable bonds is 13. The Morgan fingerprint density at radius 2 is 1.39 bits per heavy atom. The van der Waals surface area contributed by atoms with Crippen molar-refractivity contribution in [3.05, 3.63) is 138 Å². The number of nitrogens with zero attached hydrogens (tertiary/aromatic N) is 5. The van der Waals surface area contributed by atoms with Crippen molar-refractivity contribution >= 4 is 28.4 Å². The molecule has 10 nitrogen and oxygen atoms in total. The first kappa shape index (κ1) is 37.2. The Morgan fingerprint density at radius 1 is 0.719 bits per heavy atom. The van der Waals surface area contributed by atoms with Gasteiger partial charge < -0.3 is 24.0 Å². The maximum absolute atomic E-state index is 14.9. The lowest BCUT2D eigenvalue weighted by Crippen LogP contribution is -2.51. The molecule has 3 amide bonds. The van der Waals surface area contributed by atoms with Crippen molar-refractivity contribution in [2.24, 2.45) is 5.92 Å². The number of fused-ring (bicyclic) bond motifs is 1. The molecule has 3 unspecified atom stereocenters. The molecular formula is C47H51N5O5. The summed E-state index contributed by atoms with van der Waals surface area (Å²) in [5.74, 6) is 1.30. The Balaban J connectivity index is 1.00. The average Bonchev–Trinajstić information content (AvgIpc) is 3.82. The molecule has 9 rings (SSSR count). The number of carbonyl (C=O) groups excluding carboxylic acids is 2. The topological polar surface area (TPSA) is 78.0 Å². The second kappa shape index (κ2) is 15.8. The summed E-state index contributed by atoms with van der Waals surface area (Å²) in [5, 5.41) is 2.28. The fraction of sp³-hybridized carbons (Fsp3) is 0.362. The highest BCUT2D eigenvalue weighted by Gasteiger charge is 2.70. The molecule has 5 aromatic rings. The molecule has 1 spiro atoms. The first-order chi connectivity index (χ1) is 27.9. The zero-order chi connectivity index (χ0) is 38.9. The lowest BCUT2D eigenvalue weighted by molar-refractivity contribution is -0.133. The molecule has 0 bridgehead atoms. The van der Waals surface area contributed by atoms with Gasteiger partial charge in [0.2, 0.25) is 0 Å². The molecule has 0 aliphatic carbocycles. The second-order valence-electron chi connectivity index (χ2n) is 16.0. The highest BCUT2D eigenvalue weighted by atomic mass is 16.5. The highest BCUT2D eigenvalue weighted by Crippen LogP contribution is 2.56. The first-order valence-corrected chi connectivity index (χ1v) is 20.2. The van der Waals surface area contributed by atoms with E-state index < -0.39 is 5.54 Å². The van der Waals surface area contributed by atoms with Crippen LogP contribution in [0.1, 0.15) is 34.7 Å². The molecule has 4 fully saturated rings. The summed E-state index contributed by atoms with van der Waals surface area (Å²) in [6, 6.07) is 38.9. The van der Waals surface area contributed by atoms with Gasteiger partial charge in [-0.25, -0.2) is 4.79 Å². The zero-order valence-corrected chi connectivity index (χ0v) is 32.9. The third-order valence-corrected chi connectivity index (χ3v) is 12.3. The lowest BCUT2D eigenvalue weighted by atomic mass is 9.87. The lowest BCUT2D eigenvalue weighted by Gasteiger charge is -2.33. The molecule has 4 aliphatic rings. The van der Waals surface area contributed by atoms with E-state index in [1.54, 1.807) is 4.90 Å². The van der Waals surface area contributed by atoms with E-state index in [1.807, 2.05) is 47.4 Å². The minimum Gasteiger partial charge on any atom is -0.485 e. The summed E-state index contributed by atoms with van der Waals surface area (Å²) in [7, 11) is 4.12. The number of imide groups is 1. The normalized spacial score (nSPS) is 22.3. The van der Waals surface area contributed by atoms with E-state index in [1.165, 1.54) is 0 Å². The van der Waals surface area contributed by atoms with Gasteiger partial charge in [-0.1, -0.05) is 97.1 Å². The van der Waals surface area contributed by atoms with E-state index in [4.69, 9.17) is 14.2 Å². The number of hydrogen-bond acceptors (Lipinski definition) is 8. The monoisotopic (exact) mass is 765 g/mol. The van der Waals surface area contributed by atoms with Crippen LogP contribution in [0.5, 0.6) is 11.5 Å². The molecule has 57 heavy (non-hydrogen) atoms. The Bertz CT molecular complexity index is 2230. The molecule has 10 heteroatoms. The van der Waals surface area contributed by atoms with Crippen LogP contribution in [0.25, 0.3) is 10.8 Å². The molecule has 294 valence electrons. The van der Waals surface area contributed by atoms with E-state index >= 15 is 0 Å². The summed E-state index contributed by atoms with van der Waals surface area (Å²) in [5.41, 5.74) is 4.53. The van der Waals surface area contributed by atoms with Crippen molar-refractivity contribution < 1.29 is 23.8 Å². The van der Waals surface area contributed by atoms with E-state index in [2.05, 4.69) is 102 Å². The molecule has 0 aromatic heterocycles. The van der Waals surface area contributed by atoms with Crippen LogP contribution < -0.4 is 14.4 Å².